The molecule has 20 heavy (non-hydrogen) atoms. The lowest BCUT2D eigenvalue weighted by atomic mass is 9.95. The maximum absolute atomic E-state index is 12.4. The molecule has 102 valence electrons. The van der Waals surface area contributed by atoms with Crippen LogP contribution in [0.2, 0.25) is 0 Å². The van der Waals surface area contributed by atoms with Gasteiger partial charge in [0.05, 0.1) is 11.7 Å². The molecule has 4 heteroatoms. The van der Waals surface area contributed by atoms with Crippen molar-refractivity contribution in [2.75, 3.05) is 5.32 Å². The SMILES string of the molecule is O=C(Nc1ccccc1I)[C@H]1Cc2ccccc2CN1. The van der Waals surface area contributed by atoms with E-state index in [2.05, 4.69) is 45.4 Å². The van der Waals surface area contributed by atoms with Crippen LogP contribution in [0.4, 0.5) is 5.69 Å². The number of benzene rings is 2. The van der Waals surface area contributed by atoms with Crippen LogP contribution in [-0.2, 0) is 17.8 Å². The predicted molar refractivity (Wildman–Crippen MR) is 88.6 cm³/mol. The van der Waals surface area contributed by atoms with E-state index in [0.29, 0.717) is 0 Å². The summed E-state index contributed by atoms with van der Waals surface area (Å²) in [4.78, 5) is 12.4. The summed E-state index contributed by atoms with van der Waals surface area (Å²) in [6.07, 6.45) is 0.741. The lowest BCUT2D eigenvalue weighted by molar-refractivity contribution is -0.118. The molecule has 1 amide bonds. The third-order valence-corrected chi connectivity index (χ3v) is 4.47. The van der Waals surface area contributed by atoms with E-state index in [-0.39, 0.29) is 11.9 Å². The Kier molecular flexibility index (Phi) is 4.03. The molecule has 2 aromatic carbocycles. The highest BCUT2D eigenvalue weighted by molar-refractivity contribution is 14.1. The molecular formula is C16H15IN2O. The minimum absolute atomic E-state index is 0.0311. The Morgan fingerprint density at radius 1 is 1.10 bits per heavy atom. The Labute approximate surface area is 131 Å². The summed E-state index contributed by atoms with van der Waals surface area (Å²) in [5, 5.41) is 6.30. The van der Waals surface area contributed by atoms with Gasteiger partial charge in [0.1, 0.15) is 0 Å². The van der Waals surface area contributed by atoms with E-state index < -0.39 is 0 Å². The minimum atomic E-state index is -0.166. The van der Waals surface area contributed by atoms with E-state index in [1.54, 1.807) is 0 Å². The Bertz CT molecular complexity index is 642. The smallest absolute Gasteiger partial charge is 0.241 e. The largest absolute Gasteiger partial charge is 0.324 e. The third-order valence-electron chi connectivity index (χ3n) is 3.53. The second-order valence-corrected chi connectivity index (χ2v) is 6.04. The van der Waals surface area contributed by atoms with Crippen LogP contribution < -0.4 is 10.6 Å². The highest BCUT2D eigenvalue weighted by Gasteiger charge is 2.24. The first-order valence-corrected chi connectivity index (χ1v) is 7.67. The highest BCUT2D eigenvalue weighted by Crippen LogP contribution is 2.20. The van der Waals surface area contributed by atoms with E-state index in [9.17, 15) is 4.79 Å². The molecule has 1 heterocycles. The second kappa shape index (κ2) is 5.93. The summed E-state index contributed by atoms with van der Waals surface area (Å²) in [5.74, 6) is 0.0311. The number of halogens is 1. The molecule has 3 rings (SSSR count). The quantitative estimate of drug-likeness (QED) is 0.790. The number of carbonyl (C=O) groups excluding carboxylic acids is 1. The molecule has 0 radical (unpaired) electrons. The monoisotopic (exact) mass is 378 g/mol. The van der Waals surface area contributed by atoms with E-state index in [4.69, 9.17) is 0 Å². The van der Waals surface area contributed by atoms with Crippen molar-refractivity contribution in [2.45, 2.75) is 19.0 Å². The predicted octanol–water partition coefficient (Wildman–Crippen LogP) is 2.94. The maximum Gasteiger partial charge on any atom is 0.241 e. The zero-order valence-electron chi connectivity index (χ0n) is 10.9. The zero-order chi connectivity index (χ0) is 13.9. The van der Waals surface area contributed by atoms with Gasteiger partial charge in [-0.15, -0.1) is 0 Å². The first-order valence-electron chi connectivity index (χ1n) is 6.59. The number of amides is 1. The third kappa shape index (κ3) is 2.86. The molecule has 1 aliphatic rings. The molecule has 3 nitrogen and oxygen atoms in total. The van der Waals surface area contributed by atoms with Crippen LogP contribution in [0.5, 0.6) is 0 Å². The zero-order valence-corrected chi connectivity index (χ0v) is 13.1. The van der Waals surface area contributed by atoms with Crippen molar-refractivity contribution >= 4 is 34.2 Å². The van der Waals surface area contributed by atoms with Crippen molar-refractivity contribution in [3.8, 4) is 0 Å². The molecule has 0 fully saturated rings. The van der Waals surface area contributed by atoms with Gasteiger partial charge in [-0.1, -0.05) is 36.4 Å². The Balaban J connectivity index is 1.72. The number of nitrogens with one attached hydrogen (secondary N) is 2. The van der Waals surface area contributed by atoms with E-state index in [1.165, 1.54) is 11.1 Å². The van der Waals surface area contributed by atoms with Crippen molar-refractivity contribution < 1.29 is 4.79 Å². The molecule has 0 saturated heterocycles. The number of anilines is 1. The van der Waals surface area contributed by atoms with Crippen LogP contribution in [0, 0.1) is 3.57 Å². The van der Waals surface area contributed by atoms with Crippen LogP contribution in [0.25, 0.3) is 0 Å². The fraction of sp³-hybridized carbons (Fsp3) is 0.188. The van der Waals surface area contributed by atoms with Gasteiger partial charge in [-0.25, -0.2) is 0 Å². The van der Waals surface area contributed by atoms with Crippen LogP contribution in [0.3, 0.4) is 0 Å². The van der Waals surface area contributed by atoms with Crippen LogP contribution in [0.1, 0.15) is 11.1 Å². The van der Waals surface area contributed by atoms with Gasteiger partial charge in [-0.05, 0) is 52.3 Å². The van der Waals surface area contributed by atoms with Crippen LogP contribution >= 0.6 is 22.6 Å². The fourth-order valence-corrected chi connectivity index (χ4v) is 2.94. The van der Waals surface area contributed by atoms with Crippen molar-refractivity contribution in [3.63, 3.8) is 0 Å². The summed E-state index contributed by atoms with van der Waals surface area (Å²) >= 11 is 2.23. The van der Waals surface area contributed by atoms with Gasteiger partial charge in [0.15, 0.2) is 0 Å². The molecule has 2 N–H and O–H groups in total. The average Bonchev–Trinajstić information content (AvgIpc) is 2.49. The van der Waals surface area contributed by atoms with Gasteiger partial charge in [0.2, 0.25) is 5.91 Å². The lowest BCUT2D eigenvalue weighted by Gasteiger charge is -2.25. The van der Waals surface area contributed by atoms with Gasteiger partial charge in [-0.3, -0.25) is 4.79 Å². The van der Waals surface area contributed by atoms with E-state index >= 15 is 0 Å². The summed E-state index contributed by atoms with van der Waals surface area (Å²) in [7, 11) is 0. The lowest BCUT2D eigenvalue weighted by Crippen LogP contribution is -2.44. The van der Waals surface area contributed by atoms with Gasteiger partial charge < -0.3 is 10.6 Å². The van der Waals surface area contributed by atoms with Crippen molar-refractivity contribution in [1.29, 1.82) is 0 Å². The average molecular weight is 378 g/mol. The first-order chi connectivity index (χ1) is 9.74. The van der Waals surface area contributed by atoms with Gasteiger partial charge in [0.25, 0.3) is 0 Å². The standard InChI is InChI=1S/C16H15IN2O/c17-13-7-3-4-8-14(13)19-16(20)15-9-11-5-1-2-6-12(11)10-18-15/h1-8,15,18H,9-10H2,(H,19,20)/t15-/m1/s1. The Morgan fingerprint density at radius 3 is 2.60 bits per heavy atom. The highest BCUT2D eigenvalue weighted by atomic mass is 127. The molecule has 0 unspecified atom stereocenters. The number of fused-ring (bicyclic) bond motifs is 1. The summed E-state index contributed by atoms with van der Waals surface area (Å²) in [6.45, 7) is 0.750. The number of hydrogen-bond acceptors (Lipinski definition) is 2. The number of para-hydroxylation sites is 1. The summed E-state index contributed by atoms with van der Waals surface area (Å²) in [5.41, 5.74) is 3.42. The second-order valence-electron chi connectivity index (χ2n) is 4.88. The van der Waals surface area contributed by atoms with Crippen molar-refractivity contribution in [2.24, 2.45) is 0 Å². The number of hydrogen-bond donors (Lipinski definition) is 2. The van der Waals surface area contributed by atoms with Crippen molar-refractivity contribution in [3.05, 3.63) is 63.2 Å². The maximum atomic E-state index is 12.4. The Hall–Kier alpha value is -1.40. The number of rotatable bonds is 2. The van der Waals surface area contributed by atoms with Gasteiger partial charge in [0, 0.05) is 10.1 Å². The molecular weight excluding hydrogens is 363 g/mol. The first kappa shape index (κ1) is 13.6. The topological polar surface area (TPSA) is 41.1 Å². The van der Waals surface area contributed by atoms with Gasteiger partial charge in [-0.2, -0.15) is 0 Å². The fourth-order valence-electron chi connectivity index (χ4n) is 2.42. The number of carbonyl (C=O) groups is 1. The summed E-state index contributed by atoms with van der Waals surface area (Å²) in [6, 6.07) is 15.9. The molecule has 0 aliphatic carbocycles. The molecule has 1 aliphatic heterocycles. The van der Waals surface area contributed by atoms with Crippen molar-refractivity contribution in [1.82, 2.24) is 5.32 Å². The summed E-state index contributed by atoms with van der Waals surface area (Å²) < 4.78 is 1.05. The van der Waals surface area contributed by atoms with Crippen LogP contribution in [-0.4, -0.2) is 11.9 Å². The molecule has 0 aromatic heterocycles. The minimum Gasteiger partial charge on any atom is -0.324 e. The van der Waals surface area contributed by atoms with Gasteiger partial charge >= 0.3 is 0 Å². The molecule has 0 saturated carbocycles. The van der Waals surface area contributed by atoms with E-state index in [0.717, 1.165) is 22.2 Å². The van der Waals surface area contributed by atoms with Crippen LogP contribution in [0.15, 0.2) is 48.5 Å². The van der Waals surface area contributed by atoms with E-state index in [1.807, 2.05) is 36.4 Å². The molecule has 1 atom stereocenters. The Morgan fingerprint density at radius 2 is 1.80 bits per heavy atom. The molecule has 0 spiro atoms. The molecule has 0 bridgehead atoms. The normalized spacial score (nSPS) is 17.4. The molecule has 2 aromatic rings.